The van der Waals surface area contributed by atoms with Crippen molar-refractivity contribution in [2.24, 2.45) is 17.1 Å². The number of hydrogen-bond acceptors (Lipinski definition) is 2. The van der Waals surface area contributed by atoms with Crippen molar-refractivity contribution >= 4 is 0 Å². The molecule has 2 heteroatoms. The SMILES string of the molecule is C[C@@H]1C[C@]12CO[C@@H](CN)C2. The quantitative estimate of drug-likeness (QED) is 0.585. The predicted octanol–water partition coefficient (Wildman–Crippen LogP) is 0.760. The second-order valence-corrected chi connectivity index (χ2v) is 3.84. The van der Waals surface area contributed by atoms with E-state index in [2.05, 4.69) is 6.92 Å². The zero-order valence-corrected chi connectivity index (χ0v) is 6.47. The van der Waals surface area contributed by atoms with Crippen LogP contribution >= 0.6 is 0 Å². The fourth-order valence-electron chi connectivity index (χ4n) is 2.04. The summed E-state index contributed by atoms with van der Waals surface area (Å²) < 4.78 is 5.53. The monoisotopic (exact) mass is 141 g/mol. The Kier molecular flexibility index (Phi) is 1.29. The average molecular weight is 141 g/mol. The summed E-state index contributed by atoms with van der Waals surface area (Å²) in [4.78, 5) is 0. The van der Waals surface area contributed by atoms with E-state index < -0.39 is 0 Å². The Labute approximate surface area is 61.7 Å². The first-order chi connectivity index (χ1) is 4.77. The summed E-state index contributed by atoms with van der Waals surface area (Å²) in [6.45, 7) is 3.98. The van der Waals surface area contributed by atoms with Crippen molar-refractivity contribution in [3.05, 3.63) is 0 Å². The standard InChI is InChI=1S/C8H15NO/c1-6-2-8(6)3-7(4-9)10-5-8/h6-7H,2-5,9H2,1H3/t6-,7-,8+/m1/s1. The Morgan fingerprint density at radius 2 is 2.30 bits per heavy atom. The van der Waals surface area contributed by atoms with Crippen molar-refractivity contribution in [2.45, 2.75) is 25.9 Å². The van der Waals surface area contributed by atoms with Crippen LogP contribution in [0.2, 0.25) is 0 Å². The van der Waals surface area contributed by atoms with E-state index in [1.165, 1.54) is 12.8 Å². The molecule has 10 heavy (non-hydrogen) atoms. The van der Waals surface area contributed by atoms with Gasteiger partial charge < -0.3 is 10.5 Å². The molecule has 0 bridgehead atoms. The molecule has 2 N–H and O–H groups in total. The molecule has 1 saturated carbocycles. The molecule has 58 valence electrons. The molecule has 1 aliphatic heterocycles. The van der Waals surface area contributed by atoms with E-state index in [1.807, 2.05) is 0 Å². The van der Waals surface area contributed by atoms with Crippen LogP contribution in [0.1, 0.15) is 19.8 Å². The van der Waals surface area contributed by atoms with Crippen LogP contribution in [0.4, 0.5) is 0 Å². The molecule has 0 radical (unpaired) electrons. The molecule has 3 atom stereocenters. The summed E-state index contributed by atoms with van der Waals surface area (Å²) in [6.07, 6.45) is 2.94. The molecular formula is C8H15NO. The minimum atomic E-state index is 0.366. The Hall–Kier alpha value is -0.0800. The summed E-state index contributed by atoms with van der Waals surface area (Å²) in [5, 5.41) is 0. The van der Waals surface area contributed by atoms with Gasteiger partial charge in [0.25, 0.3) is 0 Å². The van der Waals surface area contributed by atoms with E-state index in [-0.39, 0.29) is 0 Å². The van der Waals surface area contributed by atoms with Crippen molar-refractivity contribution < 1.29 is 4.74 Å². The molecule has 0 unspecified atom stereocenters. The fraction of sp³-hybridized carbons (Fsp3) is 1.00. The van der Waals surface area contributed by atoms with E-state index in [9.17, 15) is 0 Å². The lowest BCUT2D eigenvalue weighted by Gasteiger charge is -2.03. The van der Waals surface area contributed by atoms with Gasteiger partial charge in [-0.3, -0.25) is 0 Å². The minimum Gasteiger partial charge on any atom is -0.376 e. The highest BCUT2D eigenvalue weighted by Gasteiger charge is 2.55. The van der Waals surface area contributed by atoms with Crippen LogP contribution < -0.4 is 5.73 Å². The highest BCUT2D eigenvalue weighted by atomic mass is 16.5. The van der Waals surface area contributed by atoms with Crippen molar-refractivity contribution in [1.29, 1.82) is 0 Å². The van der Waals surface area contributed by atoms with Crippen molar-refractivity contribution in [3.63, 3.8) is 0 Å². The third-order valence-electron chi connectivity index (χ3n) is 3.10. The lowest BCUT2D eigenvalue weighted by molar-refractivity contribution is 0.110. The molecule has 2 nitrogen and oxygen atoms in total. The Morgan fingerprint density at radius 1 is 1.60 bits per heavy atom. The molecule has 1 heterocycles. The summed E-state index contributed by atoms with van der Waals surface area (Å²) in [6, 6.07) is 0. The lowest BCUT2D eigenvalue weighted by atomic mass is 10.0. The zero-order valence-electron chi connectivity index (χ0n) is 6.47. The first kappa shape index (κ1) is 6.62. The van der Waals surface area contributed by atoms with Crippen LogP contribution in [-0.2, 0) is 4.74 Å². The van der Waals surface area contributed by atoms with E-state index in [4.69, 9.17) is 10.5 Å². The minimum absolute atomic E-state index is 0.366. The maximum absolute atomic E-state index is 5.53. The molecule has 2 fully saturated rings. The van der Waals surface area contributed by atoms with Gasteiger partial charge >= 0.3 is 0 Å². The van der Waals surface area contributed by atoms with Crippen LogP contribution in [0.3, 0.4) is 0 Å². The van der Waals surface area contributed by atoms with Crippen LogP contribution in [0.15, 0.2) is 0 Å². The fourth-order valence-corrected chi connectivity index (χ4v) is 2.04. The first-order valence-electron chi connectivity index (χ1n) is 4.08. The smallest absolute Gasteiger partial charge is 0.0703 e. The Bertz CT molecular complexity index is 148. The van der Waals surface area contributed by atoms with E-state index in [1.54, 1.807) is 0 Å². The second kappa shape index (κ2) is 1.95. The molecule has 1 saturated heterocycles. The third kappa shape index (κ3) is 0.789. The number of rotatable bonds is 1. The maximum atomic E-state index is 5.53. The summed E-state index contributed by atoms with van der Waals surface area (Å²) >= 11 is 0. The average Bonchev–Trinajstić information content (AvgIpc) is 2.43. The Balaban J connectivity index is 1.95. The van der Waals surface area contributed by atoms with Gasteiger partial charge in [0, 0.05) is 6.54 Å². The molecule has 2 aliphatic rings. The van der Waals surface area contributed by atoms with Gasteiger partial charge in [-0.05, 0) is 24.2 Å². The number of nitrogens with two attached hydrogens (primary N) is 1. The van der Waals surface area contributed by atoms with E-state index in [0.29, 0.717) is 18.1 Å². The van der Waals surface area contributed by atoms with E-state index in [0.717, 1.165) is 12.5 Å². The largest absolute Gasteiger partial charge is 0.376 e. The number of hydrogen-bond donors (Lipinski definition) is 1. The first-order valence-corrected chi connectivity index (χ1v) is 4.08. The highest BCUT2D eigenvalue weighted by molar-refractivity contribution is 5.04. The van der Waals surface area contributed by atoms with Crippen molar-refractivity contribution in [1.82, 2.24) is 0 Å². The maximum Gasteiger partial charge on any atom is 0.0703 e. The van der Waals surface area contributed by atoms with Gasteiger partial charge in [-0.25, -0.2) is 0 Å². The molecule has 0 aromatic carbocycles. The normalized spacial score (nSPS) is 52.2. The van der Waals surface area contributed by atoms with Gasteiger partial charge in [0.05, 0.1) is 12.7 Å². The molecule has 0 amide bonds. The second-order valence-electron chi connectivity index (χ2n) is 3.84. The van der Waals surface area contributed by atoms with Gasteiger partial charge in [-0.1, -0.05) is 6.92 Å². The highest BCUT2D eigenvalue weighted by Crippen LogP contribution is 2.58. The van der Waals surface area contributed by atoms with Crippen molar-refractivity contribution in [3.8, 4) is 0 Å². The molecule has 2 rings (SSSR count). The third-order valence-corrected chi connectivity index (χ3v) is 3.10. The summed E-state index contributed by atoms with van der Waals surface area (Å²) in [5.41, 5.74) is 6.08. The van der Waals surface area contributed by atoms with Gasteiger partial charge in [0.2, 0.25) is 0 Å². The van der Waals surface area contributed by atoms with Crippen LogP contribution in [0.25, 0.3) is 0 Å². The van der Waals surface area contributed by atoms with Gasteiger partial charge in [-0.15, -0.1) is 0 Å². The molecular weight excluding hydrogens is 126 g/mol. The summed E-state index contributed by atoms with van der Waals surface area (Å²) in [5.74, 6) is 0.893. The lowest BCUT2D eigenvalue weighted by Crippen LogP contribution is -2.18. The van der Waals surface area contributed by atoms with Gasteiger partial charge in [-0.2, -0.15) is 0 Å². The van der Waals surface area contributed by atoms with Crippen LogP contribution in [0.5, 0.6) is 0 Å². The topological polar surface area (TPSA) is 35.2 Å². The van der Waals surface area contributed by atoms with Crippen LogP contribution in [-0.4, -0.2) is 19.3 Å². The molecule has 1 spiro atoms. The Morgan fingerprint density at radius 3 is 2.60 bits per heavy atom. The van der Waals surface area contributed by atoms with Crippen molar-refractivity contribution in [2.75, 3.05) is 13.2 Å². The van der Waals surface area contributed by atoms with Gasteiger partial charge in [0.1, 0.15) is 0 Å². The zero-order chi connectivity index (χ0) is 7.19. The summed E-state index contributed by atoms with van der Waals surface area (Å²) in [7, 11) is 0. The van der Waals surface area contributed by atoms with Gasteiger partial charge in [0.15, 0.2) is 0 Å². The molecule has 0 aromatic heterocycles. The molecule has 0 aromatic rings. The number of ether oxygens (including phenoxy) is 1. The predicted molar refractivity (Wildman–Crippen MR) is 39.6 cm³/mol. The molecule has 1 aliphatic carbocycles. The van der Waals surface area contributed by atoms with Crippen LogP contribution in [0, 0.1) is 11.3 Å². The van der Waals surface area contributed by atoms with E-state index >= 15 is 0 Å².